The lowest BCUT2D eigenvalue weighted by Crippen LogP contribution is -2.41. The quantitative estimate of drug-likeness (QED) is 0.316. The molecule has 0 aromatic carbocycles. The van der Waals surface area contributed by atoms with Crippen molar-refractivity contribution in [3.8, 4) is 9.85 Å². The minimum Gasteiger partial charge on any atom is -0.433 e. The molecule has 0 saturated carbocycles. The van der Waals surface area contributed by atoms with Crippen LogP contribution in [0.25, 0.3) is 0 Å². The van der Waals surface area contributed by atoms with Gasteiger partial charge in [0.15, 0.2) is 0 Å². The van der Waals surface area contributed by atoms with Crippen LogP contribution in [-0.4, -0.2) is 24.6 Å². The van der Waals surface area contributed by atoms with Crippen LogP contribution in [-0.2, 0) is 14.3 Å². The smallest absolute Gasteiger partial charge is 0.433 e. The predicted octanol–water partition coefficient (Wildman–Crippen LogP) is 2.33. The zero-order valence-electron chi connectivity index (χ0n) is 9.01. The van der Waals surface area contributed by atoms with Gasteiger partial charge < -0.3 is 9.47 Å². The summed E-state index contributed by atoms with van der Waals surface area (Å²) in [5, 5.41) is -0.551. The van der Waals surface area contributed by atoms with Crippen molar-refractivity contribution in [2.75, 3.05) is 13.2 Å². The molecule has 0 aliphatic carbocycles. The fraction of sp³-hybridized carbons (Fsp3) is 0.556. The highest BCUT2D eigenvalue weighted by molar-refractivity contribution is 14.1. The predicted molar refractivity (Wildman–Crippen MR) is 63.7 cm³/mol. The van der Waals surface area contributed by atoms with E-state index in [1.807, 2.05) is 22.6 Å². The average Bonchev–Trinajstić information content (AvgIpc) is 2.24. The van der Waals surface area contributed by atoms with E-state index >= 15 is 0 Å². The van der Waals surface area contributed by atoms with Crippen molar-refractivity contribution >= 4 is 45.6 Å². The molecule has 0 amide bonds. The molecule has 1 rings (SSSR count). The summed E-state index contributed by atoms with van der Waals surface area (Å²) in [6, 6.07) is 0. The molecule has 1 saturated heterocycles. The van der Waals surface area contributed by atoms with E-state index in [0.717, 1.165) is 0 Å². The van der Waals surface area contributed by atoms with Crippen LogP contribution in [0.1, 0.15) is 15.2 Å². The average molecular weight is 347 g/mol. The highest BCUT2D eigenvalue weighted by atomic mass is 127. The van der Waals surface area contributed by atoms with E-state index in [4.69, 9.17) is 13.0 Å². The maximum Gasteiger partial charge on any atom is 0.508 e. The van der Waals surface area contributed by atoms with Gasteiger partial charge in [0.05, 0.1) is 0 Å². The lowest BCUT2D eigenvalue weighted by atomic mass is 9.94. The molecule has 1 aliphatic heterocycles. The van der Waals surface area contributed by atoms with Gasteiger partial charge in [-0.05, 0) is 29.4 Å². The molecule has 0 aromatic heterocycles. The molecule has 0 radical (unpaired) electrons. The van der Waals surface area contributed by atoms with E-state index in [2.05, 4.69) is 19.3 Å². The largest absolute Gasteiger partial charge is 0.508 e. The highest BCUT2D eigenvalue weighted by Gasteiger charge is 2.39. The molecule has 0 unspecified atom stereocenters. The van der Waals surface area contributed by atoms with Gasteiger partial charge in [-0.2, -0.15) is 0 Å². The van der Waals surface area contributed by atoms with Crippen LogP contribution in [0.3, 0.4) is 0 Å². The third kappa shape index (κ3) is 5.23. The lowest BCUT2D eigenvalue weighted by Gasteiger charge is -2.28. The molecular formula is C9H10ClIO4. The number of hydrogen-bond donors (Lipinski definition) is 0. The number of carbonyl (C=O) groups excluding carboxylic acids is 2. The summed E-state index contributed by atoms with van der Waals surface area (Å²) in [5.41, 5.74) is -0.879. The van der Waals surface area contributed by atoms with Gasteiger partial charge in [0, 0.05) is 24.0 Å². The Morgan fingerprint density at radius 2 is 2.20 bits per heavy atom. The van der Waals surface area contributed by atoms with Crippen molar-refractivity contribution in [3.05, 3.63) is 0 Å². The monoisotopic (exact) mass is 346 g/mol. The number of carbonyl (C=O) groups is 2. The fourth-order valence-electron chi connectivity index (χ4n) is 0.633. The minimum absolute atomic E-state index is 0.00579. The summed E-state index contributed by atoms with van der Waals surface area (Å²) in [6.07, 6.45) is -0.750. The zero-order valence-corrected chi connectivity index (χ0v) is 10.9. The Hall–Kier alpha value is -0.480. The Balaban J connectivity index is 0.000000385. The van der Waals surface area contributed by atoms with Crippen LogP contribution < -0.4 is 0 Å². The first-order chi connectivity index (χ1) is 7.46. The van der Waals surface area contributed by atoms with Crippen LogP contribution in [0.2, 0.25) is 0 Å². The SMILES string of the molecule is CC1(C(=O)Cl)COC(=O)OC1.[3H]CC#CI. The van der Waals surface area contributed by atoms with Crippen molar-refractivity contribution in [1.82, 2.24) is 0 Å². The second-order valence-corrected chi connectivity index (χ2v) is 3.82. The summed E-state index contributed by atoms with van der Waals surface area (Å²) in [4.78, 5) is 21.1. The molecule has 84 valence electrons. The molecule has 0 spiro atoms. The maximum absolute atomic E-state index is 10.7. The van der Waals surface area contributed by atoms with Gasteiger partial charge in [0.25, 0.3) is 0 Å². The number of rotatable bonds is 1. The first-order valence-electron chi connectivity index (χ1n) is 4.54. The van der Waals surface area contributed by atoms with E-state index in [-0.39, 0.29) is 20.1 Å². The van der Waals surface area contributed by atoms with Crippen LogP contribution in [0, 0.1) is 15.3 Å². The fourth-order valence-corrected chi connectivity index (χ4v) is 0.742. The summed E-state index contributed by atoms with van der Waals surface area (Å²) >= 11 is 7.14. The Morgan fingerprint density at radius 3 is 2.47 bits per heavy atom. The second kappa shape index (κ2) is 6.90. The van der Waals surface area contributed by atoms with Gasteiger partial charge in [-0.1, -0.05) is 5.92 Å². The summed E-state index contributed by atoms with van der Waals surface area (Å²) < 4.78 is 18.0. The molecule has 6 heteroatoms. The molecule has 1 fully saturated rings. The van der Waals surface area contributed by atoms with Crippen LogP contribution >= 0.6 is 34.2 Å². The van der Waals surface area contributed by atoms with Gasteiger partial charge in [0.2, 0.25) is 5.24 Å². The number of ether oxygens (including phenoxy) is 2. The van der Waals surface area contributed by atoms with Gasteiger partial charge in [-0.3, -0.25) is 4.79 Å². The van der Waals surface area contributed by atoms with Crippen molar-refractivity contribution < 1.29 is 20.4 Å². The molecule has 0 N–H and O–H groups in total. The summed E-state index contributed by atoms with van der Waals surface area (Å²) in [6.45, 7) is 1.79. The first kappa shape index (κ1) is 12.6. The molecular weight excluding hydrogens is 334 g/mol. The molecule has 0 atom stereocenters. The van der Waals surface area contributed by atoms with Gasteiger partial charge in [-0.25, -0.2) is 4.79 Å². The molecule has 1 heterocycles. The van der Waals surface area contributed by atoms with E-state index < -0.39 is 16.8 Å². The van der Waals surface area contributed by atoms with E-state index in [0.29, 0.717) is 0 Å². The topological polar surface area (TPSA) is 52.6 Å². The third-order valence-corrected chi connectivity index (χ3v) is 2.40. The zero-order chi connectivity index (χ0) is 12.6. The Bertz CT molecular complexity index is 313. The number of halogens is 2. The highest BCUT2D eigenvalue weighted by Crippen LogP contribution is 2.24. The standard InChI is InChI=1S/C6H7ClO4.C3H3I/c1-6(4(7)8)2-10-5(9)11-3-6;1-2-3-4/h2-3H2,1H3;1H3/i;1T. The third-order valence-electron chi connectivity index (χ3n) is 1.56. The first-order valence-corrected chi connectivity index (χ1v) is 5.29. The van der Waals surface area contributed by atoms with Crippen molar-refractivity contribution in [2.45, 2.75) is 13.8 Å². The van der Waals surface area contributed by atoms with Crippen molar-refractivity contribution in [1.29, 1.82) is 0 Å². The second-order valence-electron chi connectivity index (χ2n) is 2.93. The van der Waals surface area contributed by atoms with E-state index in [1.165, 1.54) is 0 Å². The van der Waals surface area contributed by atoms with Crippen LogP contribution in [0.4, 0.5) is 4.79 Å². The molecule has 15 heavy (non-hydrogen) atoms. The Kier molecular flexibility index (Phi) is 5.79. The van der Waals surface area contributed by atoms with E-state index in [9.17, 15) is 9.59 Å². The number of cyclic esters (lactones) is 2. The summed E-state index contributed by atoms with van der Waals surface area (Å²) in [7, 11) is 0. The van der Waals surface area contributed by atoms with Crippen molar-refractivity contribution in [2.24, 2.45) is 5.41 Å². The molecule has 1 aliphatic rings. The normalized spacial score (nSPS) is 17.8. The molecule has 4 nitrogen and oxygen atoms in total. The van der Waals surface area contributed by atoms with Gasteiger partial charge >= 0.3 is 6.16 Å². The molecule has 0 aromatic rings. The number of hydrogen-bond acceptors (Lipinski definition) is 4. The lowest BCUT2D eigenvalue weighted by molar-refractivity contribution is -0.130. The minimum atomic E-state index is -0.879. The summed E-state index contributed by atoms with van der Waals surface area (Å²) in [5.74, 6) is 2.51. The van der Waals surface area contributed by atoms with Gasteiger partial charge in [0.1, 0.15) is 18.6 Å². The Morgan fingerprint density at radius 1 is 1.67 bits per heavy atom. The maximum atomic E-state index is 10.7. The molecule has 0 bridgehead atoms. The van der Waals surface area contributed by atoms with Crippen molar-refractivity contribution in [3.63, 3.8) is 0 Å². The van der Waals surface area contributed by atoms with Gasteiger partial charge in [-0.15, -0.1) is 0 Å². The van der Waals surface area contributed by atoms with Crippen LogP contribution in [0.5, 0.6) is 0 Å². The Labute approximate surface area is 108 Å². The van der Waals surface area contributed by atoms with E-state index in [1.54, 1.807) is 6.92 Å². The van der Waals surface area contributed by atoms with Crippen LogP contribution in [0.15, 0.2) is 0 Å².